The van der Waals surface area contributed by atoms with Crippen molar-refractivity contribution in [2.24, 2.45) is 0 Å². The van der Waals surface area contributed by atoms with Gasteiger partial charge >= 0.3 is 6.18 Å². The Bertz CT molecular complexity index is 1100. The number of aliphatic hydroxyl groups excluding tert-OH is 1. The summed E-state index contributed by atoms with van der Waals surface area (Å²) in [4.78, 5) is 16.8. The number of nitrogens with zero attached hydrogens (tertiary/aromatic N) is 2. The lowest BCUT2D eigenvalue weighted by atomic mass is 9.96. The van der Waals surface area contributed by atoms with Crippen LogP contribution in [0.25, 0.3) is 17.5 Å². The van der Waals surface area contributed by atoms with Crippen LogP contribution in [-0.4, -0.2) is 27.6 Å². The fourth-order valence-electron chi connectivity index (χ4n) is 3.32. The van der Waals surface area contributed by atoms with Crippen molar-refractivity contribution in [2.45, 2.75) is 24.9 Å². The summed E-state index contributed by atoms with van der Waals surface area (Å²) in [6.45, 7) is -0.384. The number of aliphatic hydroxyl groups is 1. The van der Waals surface area contributed by atoms with Gasteiger partial charge in [0.2, 0.25) is 11.7 Å². The average molecular weight is 414 g/mol. The fraction of sp³-hybridized carbons (Fsp3) is 0.227. The molecular weight excluding hydrogens is 397 g/mol. The number of carbonyl (C=O) groups excluding carboxylic acids is 1. The summed E-state index contributed by atoms with van der Waals surface area (Å²) >= 11 is 0. The van der Waals surface area contributed by atoms with Crippen LogP contribution in [0.15, 0.2) is 53.1 Å². The van der Waals surface area contributed by atoms with Gasteiger partial charge in [0.05, 0.1) is 18.1 Å². The van der Waals surface area contributed by atoms with Gasteiger partial charge in [0.15, 0.2) is 5.78 Å². The van der Waals surface area contributed by atoms with E-state index in [0.29, 0.717) is 11.1 Å². The number of alkyl halides is 3. The molecule has 0 amide bonds. The Morgan fingerprint density at radius 3 is 2.63 bits per heavy atom. The first-order chi connectivity index (χ1) is 14.3. The van der Waals surface area contributed by atoms with E-state index in [1.165, 1.54) is 12.1 Å². The van der Waals surface area contributed by atoms with Crippen molar-refractivity contribution in [3.8, 4) is 11.4 Å². The van der Waals surface area contributed by atoms with E-state index in [1.807, 2.05) is 24.3 Å². The Morgan fingerprint density at radius 1 is 1.17 bits per heavy atom. The van der Waals surface area contributed by atoms with Gasteiger partial charge in [0.1, 0.15) is 0 Å². The second-order valence-electron chi connectivity index (χ2n) is 7.06. The third-order valence-corrected chi connectivity index (χ3v) is 5.02. The molecule has 2 aromatic carbocycles. The minimum absolute atomic E-state index is 0.0341. The SMILES string of the molecule is O=C(CC(CO)c1nc(-c2ccc(C(F)(F)F)cc2)no1)c1ccc2c(c1)C=CC2. The van der Waals surface area contributed by atoms with E-state index in [1.54, 1.807) is 6.07 Å². The summed E-state index contributed by atoms with van der Waals surface area (Å²) in [5, 5.41) is 13.5. The highest BCUT2D eigenvalue weighted by Crippen LogP contribution is 2.31. The van der Waals surface area contributed by atoms with Gasteiger partial charge in [-0.1, -0.05) is 41.6 Å². The van der Waals surface area contributed by atoms with Gasteiger partial charge in [-0.05, 0) is 35.7 Å². The Balaban J connectivity index is 1.50. The van der Waals surface area contributed by atoms with E-state index in [2.05, 4.69) is 10.1 Å². The number of allylic oxidation sites excluding steroid dienone is 1. The number of halogens is 3. The molecule has 0 saturated heterocycles. The monoisotopic (exact) mass is 414 g/mol. The maximum atomic E-state index is 12.7. The van der Waals surface area contributed by atoms with Crippen LogP contribution in [0, 0.1) is 0 Å². The van der Waals surface area contributed by atoms with Gasteiger partial charge in [0.25, 0.3) is 0 Å². The summed E-state index contributed by atoms with van der Waals surface area (Å²) in [5.74, 6) is -0.738. The molecule has 30 heavy (non-hydrogen) atoms. The Hall–Kier alpha value is -3.26. The number of fused-ring (bicyclic) bond motifs is 1. The Labute approximate surface area is 169 Å². The molecule has 1 N–H and O–H groups in total. The zero-order valence-corrected chi connectivity index (χ0v) is 15.7. The van der Waals surface area contributed by atoms with Crippen molar-refractivity contribution in [1.29, 1.82) is 0 Å². The largest absolute Gasteiger partial charge is 0.416 e. The minimum Gasteiger partial charge on any atom is -0.396 e. The first kappa shape index (κ1) is 20.0. The van der Waals surface area contributed by atoms with Crippen molar-refractivity contribution in [2.75, 3.05) is 6.61 Å². The zero-order chi connectivity index (χ0) is 21.3. The van der Waals surface area contributed by atoms with Crippen molar-refractivity contribution in [3.63, 3.8) is 0 Å². The molecule has 1 unspecified atom stereocenters. The lowest BCUT2D eigenvalue weighted by Crippen LogP contribution is -2.12. The normalized spacial score (nSPS) is 14.0. The summed E-state index contributed by atoms with van der Waals surface area (Å²) in [5.41, 5.74) is 2.25. The van der Waals surface area contributed by atoms with Crippen LogP contribution in [0.3, 0.4) is 0 Å². The summed E-state index contributed by atoms with van der Waals surface area (Å²) in [6, 6.07) is 9.83. The lowest BCUT2D eigenvalue weighted by molar-refractivity contribution is -0.137. The minimum atomic E-state index is -4.43. The highest BCUT2D eigenvalue weighted by Gasteiger charge is 2.30. The number of aromatic nitrogens is 2. The van der Waals surface area contributed by atoms with Crippen LogP contribution in [0.4, 0.5) is 13.2 Å². The third kappa shape index (κ3) is 4.04. The molecule has 1 aliphatic rings. The van der Waals surface area contributed by atoms with Crippen LogP contribution in [0.1, 0.15) is 45.3 Å². The average Bonchev–Trinajstić information content (AvgIpc) is 3.40. The number of hydrogen-bond acceptors (Lipinski definition) is 5. The van der Waals surface area contributed by atoms with Gasteiger partial charge in [-0.25, -0.2) is 0 Å². The van der Waals surface area contributed by atoms with Crippen molar-refractivity contribution < 1.29 is 27.6 Å². The molecule has 1 heterocycles. The van der Waals surface area contributed by atoms with Crippen LogP contribution >= 0.6 is 0 Å². The molecule has 0 radical (unpaired) electrons. The molecule has 0 spiro atoms. The molecule has 0 saturated carbocycles. The van der Waals surface area contributed by atoms with Gasteiger partial charge < -0.3 is 9.63 Å². The molecule has 154 valence electrons. The van der Waals surface area contributed by atoms with Crippen molar-refractivity contribution >= 4 is 11.9 Å². The Morgan fingerprint density at radius 2 is 1.93 bits per heavy atom. The molecule has 1 aliphatic carbocycles. The molecule has 1 aromatic heterocycles. The molecule has 8 heteroatoms. The zero-order valence-electron chi connectivity index (χ0n) is 15.7. The van der Waals surface area contributed by atoms with E-state index in [4.69, 9.17) is 4.52 Å². The van der Waals surface area contributed by atoms with E-state index in [-0.39, 0.29) is 30.5 Å². The van der Waals surface area contributed by atoms with Crippen molar-refractivity contribution in [1.82, 2.24) is 10.1 Å². The summed E-state index contributed by atoms with van der Waals surface area (Å²) < 4.78 is 43.3. The summed E-state index contributed by atoms with van der Waals surface area (Å²) in [6.07, 6.45) is 0.364. The third-order valence-electron chi connectivity index (χ3n) is 5.02. The highest BCUT2D eigenvalue weighted by molar-refractivity contribution is 5.97. The van der Waals surface area contributed by atoms with E-state index < -0.39 is 17.7 Å². The molecule has 0 bridgehead atoms. The second-order valence-corrected chi connectivity index (χ2v) is 7.06. The molecule has 1 atom stereocenters. The second kappa shape index (κ2) is 7.87. The topological polar surface area (TPSA) is 76.2 Å². The maximum absolute atomic E-state index is 12.7. The number of hydrogen-bond donors (Lipinski definition) is 1. The first-order valence-corrected chi connectivity index (χ1v) is 9.30. The molecule has 5 nitrogen and oxygen atoms in total. The molecular formula is C22H17F3N2O3. The molecule has 0 aliphatic heterocycles. The summed E-state index contributed by atoms with van der Waals surface area (Å²) in [7, 11) is 0. The fourth-order valence-corrected chi connectivity index (χ4v) is 3.32. The number of rotatable bonds is 6. The predicted molar refractivity (Wildman–Crippen MR) is 103 cm³/mol. The maximum Gasteiger partial charge on any atom is 0.416 e. The van der Waals surface area contributed by atoms with Crippen LogP contribution in [0.2, 0.25) is 0 Å². The van der Waals surface area contributed by atoms with Gasteiger partial charge in [-0.2, -0.15) is 18.2 Å². The van der Waals surface area contributed by atoms with E-state index >= 15 is 0 Å². The number of carbonyl (C=O) groups is 1. The van der Waals surface area contributed by atoms with Crippen LogP contribution < -0.4 is 0 Å². The van der Waals surface area contributed by atoms with Gasteiger partial charge in [-0.3, -0.25) is 4.79 Å². The Kier molecular flexibility index (Phi) is 5.26. The number of Topliss-reactive ketones (excluding diaryl/α,β-unsaturated/α-hetero) is 1. The number of ketones is 1. The van der Waals surface area contributed by atoms with Crippen LogP contribution in [-0.2, 0) is 12.6 Å². The van der Waals surface area contributed by atoms with E-state index in [9.17, 15) is 23.1 Å². The van der Waals surface area contributed by atoms with Gasteiger partial charge in [0, 0.05) is 17.5 Å². The highest BCUT2D eigenvalue weighted by atomic mass is 19.4. The van der Waals surface area contributed by atoms with Gasteiger partial charge in [-0.15, -0.1) is 0 Å². The molecule has 3 aromatic rings. The van der Waals surface area contributed by atoms with Crippen molar-refractivity contribution in [3.05, 3.63) is 76.7 Å². The molecule has 4 rings (SSSR count). The molecule has 0 fully saturated rings. The first-order valence-electron chi connectivity index (χ1n) is 9.30. The standard InChI is InChI=1S/C22H17F3N2O3/c23-22(24,25)18-8-6-14(7-9-18)20-26-21(30-27-20)17(12-28)11-19(29)16-5-4-13-2-1-3-15(13)10-16/h1,3-10,17,28H,2,11-12H2. The smallest absolute Gasteiger partial charge is 0.396 e. The predicted octanol–water partition coefficient (Wildman–Crippen LogP) is 4.67. The van der Waals surface area contributed by atoms with E-state index in [0.717, 1.165) is 29.7 Å². The van der Waals surface area contributed by atoms with Crippen LogP contribution in [0.5, 0.6) is 0 Å². The quantitative estimate of drug-likeness (QED) is 0.593. The lowest BCUT2D eigenvalue weighted by Gasteiger charge is -2.09. The number of benzene rings is 2.